The largest absolute Gasteiger partial charge is 0.315 e. The van der Waals surface area contributed by atoms with Gasteiger partial charge in [-0.05, 0) is 43.5 Å². The molecule has 1 aromatic rings. The first-order valence-corrected chi connectivity index (χ1v) is 8.42. The van der Waals surface area contributed by atoms with Crippen molar-refractivity contribution < 1.29 is 8.42 Å². The Morgan fingerprint density at radius 3 is 2.63 bits per heavy atom. The van der Waals surface area contributed by atoms with Gasteiger partial charge in [0, 0.05) is 12.6 Å². The van der Waals surface area contributed by atoms with E-state index in [9.17, 15) is 8.42 Å². The van der Waals surface area contributed by atoms with Crippen LogP contribution in [0.25, 0.3) is 0 Å². The molecule has 0 amide bonds. The topological polar surface area (TPSA) is 58.2 Å². The van der Waals surface area contributed by atoms with Crippen molar-refractivity contribution in [3.8, 4) is 0 Å². The van der Waals surface area contributed by atoms with E-state index in [0.717, 1.165) is 32.2 Å². The minimum atomic E-state index is -3.38. The fourth-order valence-electron chi connectivity index (χ4n) is 2.36. The summed E-state index contributed by atoms with van der Waals surface area (Å²) in [6.07, 6.45) is 3.97. The van der Waals surface area contributed by atoms with Crippen LogP contribution in [-0.4, -0.2) is 27.5 Å². The molecule has 0 radical (unpaired) electrons. The average molecular weight is 282 g/mol. The zero-order valence-corrected chi connectivity index (χ0v) is 12.2. The van der Waals surface area contributed by atoms with Crippen molar-refractivity contribution >= 4 is 10.0 Å². The second kappa shape index (κ2) is 6.50. The van der Waals surface area contributed by atoms with Crippen LogP contribution < -0.4 is 10.0 Å². The van der Waals surface area contributed by atoms with Crippen LogP contribution in [0.5, 0.6) is 0 Å². The summed E-state index contributed by atoms with van der Waals surface area (Å²) in [5.74, 6) is 0. The molecule has 4 nitrogen and oxygen atoms in total. The van der Waals surface area contributed by atoms with Crippen molar-refractivity contribution in [2.75, 3.05) is 13.1 Å². The Labute approximate surface area is 115 Å². The highest BCUT2D eigenvalue weighted by Gasteiger charge is 2.21. The van der Waals surface area contributed by atoms with Crippen LogP contribution >= 0.6 is 0 Å². The third-order valence-corrected chi connectivity index (χ3v) is 4.93. The van der Waals surface area contributed by atoms with Crippen molar-refractivity contribution in [1.29, 1.82) is 0 Å². The maximum absolute atomic E-state index is 12.2. The van der Waals surface area contributed by atoms with Gasteiger partial charge in [-0.3, -0.25) is 0 Å². The van der Waals surface area contributed by atoms with E-state index in [0.29, 0.717) is 11.4 Å². The lowest BCUT2D eigenvalue weighted by Gasteiger charge is -2.23. The van der Waals surface area contributed by atoms with Gasteiger partial charge in [0.15, 0.2) is 0 Å². The van der Waals surface area contributed by atoms with Gasteiger partial charge < -0.3 is 5.32 Å². The molecule has 0 spiro atoms. The van der Waals surface area contributed by atoms with Crippen LogP contribution in [0.2, 0.25) is 0 Å². The van der Waals surface area contributed by atoms with E-state index in [4.69, 9.17) is 0 Å². The van der Waals surface area contributed by atoms with E-state index in [1.807, 2.05) is 12.1 Å². The molecule has 0 aromatic heterocycles. The van der Waals surface area contributed by atoms with Gasteiger partial charge in [-0.25, -0.2) is 13.1 Å². The summed E-state index contributed by atoms with van der Waals surface area (Å²) in [4.78, 5) is 0.359. The van der Waals surface area contributed by atoms with E-state index in [1.54, 1.807) is 12.1 Å². The normalized spacial score (nSPS) is 20.4. The molecular formula is C14H22N2O2S. The van der Waals surface area contributed by atoms with Gasteiger partial charge in [-0.2, -0.15) is 0 Å². The summed E-state index contributed by atoms with van der Waals surface area (Å²) in [5, 5.41) is 3.21. The quantitative estimate of drug-likeness (QED) is 0.863. The standard InChI is InChI=1S/C14H22N2O2S/c1-2-4-12-6-8-14(9-7-12)19(17,18)16-13-5-3-10-15-11-13/h6-9,13,15-16H,2-5,10-11H2,1H3/t13-/m1/s1. The molecular weight excluding hydrogens is 260 g/mol. The summed E-state index contributed by atoms with van der Waals surface area (Å²) in [7, 11) is -3.38. The maximum atomic E-state index is 12.2. The lowest BCUT2D eigenvalue weighted by Crippen LogP contribution is -2.45. The predicted molar refractivity (Wildman–Crippen MR) is 76.7 cm³/mol. The molecule has 2 rings (SSSR count). The molecule has 0 saturated carbocycles. The van der Waals surface area contributed by atoms with Gasteiger partial charge in [-0.15, -0.1) is 0 Å². The summed E-state index contributed by atoms with van der Waals surface area (Å²) >= 11 is 0. The van der Waals surface area contributed by atoms with Crippen molar-refractivity contribution in [2.45, 2.75) is 43.5 Å². The van der Waals surface area contributed by atoms with Crippen LogP contribution in [0.1, 0.15) is 31.7 Å². The summed E-state index contributed by atoms with van der Waals surface area (Å²) < 4.78 is 27.2. The highest BCUT2D eigenvalue weighted by molar-refractivity contribution is 7.89. The van der Waals surface area contributed by atoms with Crippen LogP contribution in [0.15, 0.2) is 29.2 Å². The lowest BCUT2D eigenvalue weighted by atomic mass is 10.1. The number of hydrogen-bond acceptors (Lipinski definition) is 3. The Morgan fingerprint density at radius 1 is 1.32 bits per heavy atom. The SMILES string of the molecule is CCCc1ccc(S(=O)(=O)N[C@@H]2CCCNC2)cc1. The molecule has 0 unspecified atom stereocenters. The molecule has 1 saturated heterocycles. The van der Waals surface area contributed by atoms with Gasteiger partial charge in [0.25, 0.3) is 0 Å². The van der Waals surface area contributed by atoms with E-state index < -0.39 is 10.0 Å². The number of benzene rings is 1. The molecule has 1 aliphatic rings. The first-order valence-electron chi connectivity index (χ1n) is 6.94. The molecule has 1 heterocycles. The van der Waals surface area contributed by atoms with E-state index in [1.165, 1.54) is 5.56 Å². The van der Waals surface area contributed by atoms with Gasteiger partial charge in [0.1, 0.15) is 0 Å². The molecule has 1 aliphatic heterocycles. The van der Waals surface area contributed by atoms with E-state index in [-0.39, 0.29) is 6.04 Å². The second-order valence-electron chi connectivity index (χ2n) is 5.06. The lowest BCUT2D eigenvalue weighted by molar-refractivity contribution is 0.428. The molecule has 1 fully saturated rings. The Bertz CT molecular complexity index is 491. The monoisotopic (exact) mass is 282 g/mol. The predicted octanol–water partition coefficient (Wildman–Crippen LogP) is 1.67. The molecule has 1 aromatic carbocycles. The third kappa shape index (κ3) is 4.03. The smallest absolute Gasteiger partial charge is 0.240 e. The molecule has 0 bridgehead atoms. The van der Waals surface area contributed by atoms with Gasteiger partial charge in [0.05, 0.1) is 4.90 Å². The second-order valence-corrected chi connectivity index (χ2v) is 6.77. The van der Waals surface area contributed by atoms with E-state index >= 15 is 0 Å². The molecule has 0 aliphatic carbocycles. The Hall–Kier alpha value is -0.910. The fraction of sp³-hybridized carbons (Fsp3) is 0.571. The fourth-order valence-corrected chi connectivity index (χ4v) is 3.63. The van der Waals surface area contributed by atoms with Crippen molar-refractivity contribution in [2.24, 2.45) is 0 Å². The Balaban J connectivity index is 2.05. The summed E-state index contributed by atoms with van der Waals surface area (Å²) in [6, 6.07) is 7.20. The number of sulfonamides is 1. The summed E-state index contributed by atoms with van der Waals surface area (Å²) in [6.45, 7) is 3.80. The highest BCUT2D eigenvalue weighted by atomic mass is 32.2. The molecule has 106 valence electrons. The zero-order valence-electron chi connectivity index (χ0n) is 11.4. The average Bonchev–Trinajstić information content (AvgIpc) is 2.40. The number of piperidine rings is 1. The third-order valence-electron chi connectivity index (χ3n) is 3.39. The molecule has 2 N–H and O–H groups in total. The van der Waals surface area contributed by atoms with Gasteiger partial charge in [0.2, 0.25) is 10.0 Å². The van der Waals surface area contributed by atoms with Crippen LogP contribution in [0, 0.1) is 0 Å². The number of nitrogens with one attached hydrogen (secondary N) is 2. The maximum Gasteiger partial charge on any atom is 0.240 e. The van der Waals surface area contributed by atoms with Crippen molar-refractivity contribution in [3.63, 3.8) is 0 Å². The Kier molecular flexibility index (Phi) is 4.96. The van der Waals surface area contributed by atoms with Crippen molar-refractivity contribution in [3.05, 3.63) is 29.8 Å². The van der Waals surface area contributed by atoms with Crippen molar-refractivity contribution in [1.82, 2.24) is 10.0 Å². The van der Waals surface area contributed by atoms with E-state index in [2.05, 4.69) is 17.0 Å². The first kappa shape index (κ1) is 14.5. The summed E-state index contributed by atoms with van der Waals surface area (Å²) in [5.41, 5.74) is 1.18. The number of hydrogen-bond donors (Lipinski definition) is 2. The highest BCUT2D eigenvalue weighted by Crippen LogP contribution is 2.13. The number of aryl methyl sites for hydroxylation is 1. The van der Waals surface area contributed by atoms with Gasteiger partial charge in [-0.1, -0.05) is 25.5 Å². The van der Waals surface area contributed by atoms with Crippen LogP contribution in [0.4, 0.5) is 0 Å². The number of rotatable bonds is 5. The molecule has 19 heavy (non-hydrogen) atoms. The molecule has 1 atom stereocenters. The van der Waals surface area contributed by atoms with Crippen LogP contribution in [-0.2, 0) is 16.4 Å². The Morgan fingerprint density at radius 2 is 2.05 bits per heavy atom. The minimum absolute atomic E-state index is 0.00840. The molecule has 5 heteroatoms. The zero-order chi connectivity index (χ0) is 13.7. The minimum Gasteiger partial charge on any atom is -0.315 e. The first-order chi connectivity index (χ1) is 9.12. The van der Waals surface area contributed by atoms with Crippen LogP contribution in [0.3, 0.4) is 0 Å². The van der Waals surface area contributed by atoms with Gasteiger partial charge >= 0.3 is 0 Å².